The van der Waals surface area contributed by atoms with E-state index >= 15 is 0 Å². The molecule has 11 heteroatoms. The van der Waals surface area contributed by atoms with Gasteiger partial charge in [-0.05, 0) is 71.6 Å². The Kier molecular flexibility index (Phi) is 7.66. The molecule has 1 saturated carbocycles. The van der Waals surface area contributed by atoms with Gasteiger partial charge in [0.1, 0.15) is 4.60 Å². The maximum Gasteiger partial charge on any atom is 0.233 e. The number of halogens is 2. The molecule has 1 amide bonds. The van der Waals surface area contributed by atoms with E-state index in [1.54, 1.807) is 12.1 Å². The molecule has 0 bridgehead atoms. The van der Waals surface area contributed by atoms with Gasteiger partial charge in [-0.2, -0.15) is 0 Å². The molecule has 0 unspecified atom stereocenters. The van der Waals surface area contributed by atoms with E-state index in [4.69, 9.17) is 16.8 Å². The second-order valence-electron chi connectivity index (χ2n) is 7.57. The number of anilines is 1. The SMILES string of the molecule is CS(=O)(=O)c1ccc([C@@H](CC2CCC(=NO)CC2)C(=O)Nc2cnc(Br)cn2)cc1Cl. The number of hydrogen-bond donors (Lipinski definition) is 2. The maximum atomic E-state index is 13.2. The highest BCUT2D eigenvalue weighted by molar-refractivity contribution is 9.10. The molecule has 0 saturated heterocycles. The van der Waals surface area contributed by atoms with Gasteiger partial charge in [-0.15, -0.1) is 0 Å². The Morgan fingerprint density at radius 3 is 2.58 bits per heavy atom. The summed E-state index contributed by atoms with van der Waals surface area (Å²) in [4.78, 5) is 21.4. The summed E-state index contributed by atoms with van der Waals surface area (Å²) in [5.74, 6) is -0.281. The van der Waals surface area contributed by atoms with Crippen molar-refractivity contribution < 1.29 is 18.4 Å². The van der Waals surface area contributed by atoms with Crippen LogP contribution in [0.4, 0.5) is 5.82 Å². The molecule has 1 atom stereocenters. The molecule has 2 aromatic rings. The van der Waals surface area contributed by atoms with Gasteiger partial charge < -0.3 is 10.5 Å². The van der Waals surface area contributed by atoms with Crippen LogP contribution in [-0.2, 0) is 14.6 Å². The van der Waals surface area contributed by atoms with Gasteiger partial charge in [-0.25, -0.2) is 18.4 Å². The summed E-state index contributed by atoms with van der Waals surface area (Å²) < 4.78 is 24.3. The van der Waals surface area contributed by atoms with Crippen molar-refractivity contribution in [3.8, 4) is 0 Å². The Balaban J connectivity index is 1.87. The third-order valence-corrected chi connectivity index (χ3v) is 7.33. The number of hydrogen-bond acceptors (Lipinski definition) is 7. The highest BCUT2D eigenvalue weighted by atomic mass is 79.9. The topological polar surface area (TPSA) is 122 Å². The first-order chi connectivity index (χ1) is 14.7. The van der Waals surface area contributed by atoms with Crippen LogP contribution in [0.25, 0.3) is 0 Å². The largest absolute Gasteiger partial charge is 0.411 e. The second kappa shape index (κ2) is 10.1. The van der Waals surface area contributed by atoms with Gasteiger partial charge in [-0.3, -0.25) is 4.79 Å². The lowest BCUT2D eigenvalue weighted by atomic mass is 9.79. The van der Waals surface area contributed by atoms with Gasteiger partial charge in [-0.1, -0.05) is 22.8 Å². The van der Waals surface area contributed by atoms with E-state index < -0.39 is 15.8 Å². The normalized spacial score (nSPS) is 17.8. The van der Waals surface area contributed by atoms with Gasteiger partial charge in [0.2, 0.25) is 5.91 Å². The average molecular weight is 530 g/mol. The number of rotatable bonds is 6. The van der Waals surface area contributed by atoms with Crippen molar-refractivity contribution in [1.29, 1.82) is 0 Å². The number of nitrogens with one attached hydrogen (secondary N) is 1. The lowest BCUT2D eigenvalue weighted by molar-refractivity contribution is -0.118. The number of carbonyl (C=O) groups excluding carboxylic acids is 1. The molecule has 166 valence electrons. The fourth-order valence-electron chi connectivity index (χ4n) is 3.70. The van der Waals surface area contributed by atoms with E-state index in [0.29, 0.717) is 35.2 Å². The molecule has 3 rings (SSSR count). The van der Waals surface area contributed by atoms with Crippen LogP contribution in [-0.4, -0.2) is 41.5 Å². The average Bonchev–Trinajstić information content (AvgIpc) is 2.73. The zero-order chi connectivity index (χ0) is 22.6. The molecule has 31 heavy (non-hydrogen) atoms. The Hall–Kier alpha value is -2.04. The number of amides is 1. The predicted molar refractivity (Wildman–Crippen MR) is 121 cm³/mol. The van der Waals surface area contributed by atoms with E-state index in [2.05, 4.69) is 36.4 Å². The van der Waals surface area contributed by atoms with Crippen LogP contribution in [0.1, 0.15) is 43.6 Å². The van der Waals surface area contributed by atoms with Gasteiger partial charge in [0, 0.05) is 6.26 Å². The molecule has 0 aliphatic heterocycles. The minimum absolute atomic E-state index is 0.0253. The zero-order valence-corrected chi connectivity index (χ0v) is 19.9. The van der Waals surface area contributed by atoms with Gasteiger partial charge in [0.25, 0.3) is 0 Å². The molecule has 1 aromatic carbocycles. The smallest absolute Gasteiger partial charge is 0.233 e. The molecule has 0 spiro atoms. The summed E-state index contributed by atoms with van der Waals surface area (Å²) in [6, 6.07) is 4.60. The number of aromatic nitrogens is 2. The molecule has 1 aliphatic carbocycles. The van der Waals surface area contributed by atoms with E-state index in [9.17, 15) is 13.2 Å². The van der Waals surface area contributed by atoms with E-state index in [0.717, 1.165) is 24.8 Å². The molecule has 1 aliphatic rings. The Morgan fingerprint density at radius 1 is 1.32 bits per heavy atom. The number of carbonyl (C=O) groups is 1. The van der Waals surface area contributed by atoms with Crippen LogP contribution < -0.4 is 5.32 Å². The highest BCUT2D eigenvalue weighted by Gasteiger charge is 2.28. The minimum atomic E-state index is -3.48. The van der Waals surface area contributed by atoms with Gasteiger partial charge in [0.15, 0.2) is 15.7 Å². The molecule has 8 nitrogen and oxygen atoms in total. The van der Waals surface area contributed by atoms with Crippen LogP contribution in [0.2, 0.25) is 5.02 Å². The van der Waals surface area contributed by atoms with E-state index in [-0.39, 0.29) is 21.7 Å². The number of benzene rings is 1. The minimum Gasteiger partial charge on any atom is -0.411 e. The van der Waals surface area contributed by atoms with Crippen molar-refractivity contribution in [3.05, 3.63) is 45.8 Å². The van der Waals surface area contributed by atoms with Crippen LogP contribution in [0.3, 0.4) is 0 Å². The zero-order valence-electron chi connectivity index (χ0n) is 16.8. The first-order valence-corrected chi connectivity index (χ1v) is 12.7. The number of sulfone groups is 1. The summed E-state index contributed by atoms with van der Waals surface area (Å²) in [5.41, 5.74) is 1.39. The first kappa shape index (κ1) is 23.6. The predicted octanol–water partition coefficient (Wildman–Crippen LogP) is 4.43. The van der Waals surface area contributed by atoms with Crippen molar-refractivity contribution in [2.24, 2.45) is 11.1 Å². The summed E-state index contributed by atoms with van der Waals surface area (Å²) in [7, 11) is -3.48. The lowest BCUT2D eigenvalue weighted by Crippen LogP contribution is -2.26. The quantitative estimate of drug-likeness (QED) is 0.422. The number of nitrogens with zero attached hydrogens (tertiary/aromatic N) is 3. The monoisotopic (exact) mass is 528 g/mol. The third kappa shape index (κ3) is 6.24. The Labute approximate surface area is 194 Å². The standard InChI is InChI=1S/C20H22BrClN4O4S/c1-31(29,30)17-7-4-13(9-16(17)22)15(8-12-2-5-14(26-28)6-3-12)20(27)25-19-11-23-18(21)10-24-19/h4,7,9-12,15,28H,2-3,5-6,8H2,1H3,(H,24,25,27)/t12?,15-/m1/s1. The van der Waals surface area contributed by atoms with Gasteiger partial charge >= 0.3 is 0 Å². The first-order valence-electron chi connectivity index (χ1n) is 9.65. The highest BCUT2D eigenvalue weighted by Crippen LogP contribution is 2.35. The van der Waals surface area contributed by atoms with E-state index in [1.807, 2.05) is 0 Å². The summed E-state index contributed by atoms with van der Waals surface area (Å²) >= 11 is 9.45. The fraction of sp³-hybridized carbons (Fsp3) is 0.400. The summed E-state index contributed by atoms with van der Waals surface area (Å²) in [6.45, 7) is 0. The molecular weight excluding hydrogens is 508 g/mol. The number of oxime groups is 1. The molecule has 0 radical (unpaired) electrons. The van der Waals surface area contributed by atoms with Crippen molar-refractivity contribution in [1.82, 2.24) is 9.97 Å². The second-order valence-corrected chi connectivity index (χ2v) is 10.8. The summed E-state index contributed by atoms with van der Waals surface area (Å²) in [5, 5.41) is 15.1. The molecule has 1 aromatic heterocycles. The van der Waals surface area contributed by atoms with Crippen molar-refractivity contribution in [2.75, 3.05) is 11.6 Å². The van der Waals surface area contributed by atoms with Crippen LogP contribution >= 0.6 is 27.5 Å². The van der Waals surface area contributed by atoms with Crippen LogP contribution in [0.5, 0.6) is 0 Å². The molecule has 1 heterocycles. The molecule has 2 N–H and O–H groups in total. The van der Waals surface area contributed by atoms with Crippen molar-refractivity contribution in [3.63, 3.8) is 0 Å². The van der Waals surface area contributed by atoms with Crippen molar-refractivity contribution >= 4 is 54.8 Å². The molecule has 1 fully saturated rings. The lowest BCUT2D eigenvalue weighted by Gasteiger charge is -2.27. The fourth-order valence-corrected chi connectivity index (χ4v) is 5.24. The van der Waals surface area contributed by atoms with Crippen LogP contribution in [0.15, 0.2) is 45.2 Å². The summed E-state index contributed by atoms with van der Waals surface area (Å²) in [6.07, 6.45) is 7.54. The van der Waals surface area contributed by atoms with Crippen molar-refractivity contribution in [2.45, 2.75) is 42.9 Å². The third-order valence-electron chi connectivity index (χ3n) is 5.34. The Bertz CT molecular complexity index is 1080. The maximum absolute atomic E-state index is 13.2. The van der Waals surface area contributed by atoms with E-state index in [1.165, 1.54) is 18.5 Å². The van der Waals surface area contributed by atoms with Crippen LogP contribution in [0, 0.1) is 5.92 Å². The molecular formula is C20H22BrClN4O4S. The Morgan fingerprint density at radius 2 is 2.03 bits per heavy atom. The van der Waals surface area contributed by atoms with Gasteiger partial charge in [0.05, 0.1) is 33.9 Å².